The molecule has 2 aliphatic carbocycles. The van der Waals surface area contributed by atoms with Gasteiger partial charge in [-0.3, -0.25) is 0 Å². The maximum atomic E-state index is 12.8. The second kappa shape index (κ2) is 5.53. The lowest BCUT2D eigenvalue weighted by molar-refractivity contribution is -0.137. The summed E-state index contributed by atoms with van der Waals surface area (Å²) in [5.41, 5.74) is 1.94. The van der Waals surface area contributed by atoms with E-state index in [1.807, 2.05) is 6.33 Å². The number of alkyl halides is 3. The SMILES string of the molecule is FC(F)(F)c1ccc(-c2ncnc3c2ncn3C2CC3CCC2C3)cc1. The van der Waals surface area contributed by atoms with Gasteiger partial charge in [0.25, 0.3) is 0 Å². The predicted molar refractivity (Wildman–Crippen MR) is 90.2 cm³/mol. The summed E-state index contributed by atoms with van der Waals surface area (Å²) in [4.78, 5) is 13.2. The molecule has 0 N–H and O–H groups in total. The van der Waals surface area contributed by atoms with Crippen molar-refractivity contribution in [3.05, 3.63) is 42.5 Å². The van der Waals surface area contributed by atoms with Crippen LogP contribution in [0.1, 0.15) is 37.3 Å². The molecule has 0 amide bonds. The molecule has 0 radical (unpaired) electrons. The summed E-state index contributed by atoms with van der Waals surface area (Å²) in [6, 6.07) is 5.48. The zero-order valence-electron chi connectivity index (χ0n) is 13.9. The van der Waals surface area contributed by atoms with E-state index in [9.17, 15) is 13.2 Å². The molecule has 3 atom stereocenters. The highest BCUT2D eigenvalue weighted by molar-refractivity contribution is 5.87. The number of hydrogen-bond donors (Lipinski definition) is 0. The highest BCUT2D eigenvalue weighted by Crippen LogP contribution is 2.51. The Kier molecular flexibility index (Phi) is 3.36. The molecule has 3 aromatic rings. The summed E-state index contributed by atoms with van der Waals surface area (Å²) in [5, 5.41) is 0. The zero-order chi connectivity index (χ0) is 17.9. The van der Waals surface area contributed by atoms with Crippen LogP contribution in [0.5, 0.6) is 0 Å². The van der Waals surface area contributed by atoms with Gasteiger partial charge in [-0.1, -0.05) is 18.6 Å². The van der Waals surface area contributed by atoms with Crippen molar-refractivity contribution >= 4 is 11.2 Å². The number of imidazole rings is 1. The Bertz CT molecular complexity index is 961. The normalized spacial score (nSPS) is 25.3. The Balaban J connectivity index is 1.55. The van der Waals surface area contributed by atoms with Crippen molar-refractivity contribution in [3.8, 4) is 11.3 Å². The fourth-order valence-corrected chi connectivity index (χ4v) is 4.67. The Hall–Kier alpha value is -2.44. The summed E-state index contributed by atoms with van der Waals surface area (Å²) in [7, 11) is 0. The van der Waals surface area contributed by atoms with Crippen molar-refractivity contribution in [3.63, 3.8) is 0 Å². The Labute approximate surface area is 148 Å². The summed E-state index contributed by atoms with van der Waals surface area (Å²) in [5.74, 6) is 1.49. The van der Waals surface area contributed by atoms with Gasteiger partial charge in [0, 0.05) is 11.6 Å². The first kappa shape index (κ1) is 15.8. The van der Waals surface area contributed by atoms with Crippen LogP contribution in [-0.4, -0.2) is 19.5 Å². The molecule has 2 aromatic heterocycles. The van der Waals surface area contributed by atoms with E-state index in [-0.39, 0.29) is 0 Å². The van der Waals surface area contributed by atoms with Gasteiger partial charge in [-0.25, -0.2) is 15.0 Å². The highest BCUT2D eigenvalue weighted by Gasteiger charge is 2.41. The third-order valence-electron chi connectivity index (χ3n) is 5.90. The van der Waals surface area contributed by atoms with Crippen molar-refractivity contribution in [2.45, 2.75) is 37.9 Å². The fraction of sp³-hybridized carbons (Fsp3) is 0.421. The van der Waals surface area contributed by atoms with E-state index in [0.717, 1.165) is 30.1 Å². The van der Waals surface area contributed by atoms with Crippen LogP contribution < -0.4 is 0 Å². The van der Waals surface area contributed by atoms with Crippen LogP contribution in [0.25, 0.3) is 22.4 Å². The van der Waals surface area contributed by atoms with Crippen molar-refractivity contribution in [2.24, 2.45) is 11.8 Å². The Morgan fingerprint density at radius 3 is 2.42 bits per heavy atom. The maximum absolute atomic E-state index is 12.8. The van der Waals surface area contributed by atoms with Crippen LogP contribution >= 0.6 is 0 Å². The molecule has 2 bridgehead atoms. The lowest BCUT2D eigenvalue weighted by atomic mass is 9.95. The molecule has 134 valence electrons. The molecular formula is C19H17F3N4. The highest BCUT2D eigenvalue weighted by atomic mass is 19.4. The molecule has 4 nitrogen and oxygen atoms in total. The van der Waals surface area contributed by atoms with Crippen LogP contribution in [0.3, 0.4) is 0 Å². The van der Waals surface area contributed by atoms with Gasteiger partial charge >= 0.3 is 6.18 Å². The van der Waals surface area contributed by atoms with Crippen molar-refractivity contribution in [1.29, 1.82) is 0 Å². The molecular weight excluding hydrogens is 341 g/mol. The lowest BCUT2D eigenvalue weighted by Crippen LogP contribution is -2.15. The number of halogens is 3. The number of benzene rings is 1. The number of aromatic nitrogens is 4. The van der Waals surface area contributed by atoms with Crippen LogP contribution in [-0.2, 0) is 6.18 Å². The molecule has 0 spiro atoms. The van der Waals surface area contributed by atoms with Gasteiger partial charge in [0.15, 0.2) is 5.65 Å². The molecule has 0 saturated heterocycles. The Morgan fingerprint density at radius 1 is 0.962 bits per heavy atom. The molecule has 2 aliphatic rings. The van der Waals surface area contributed by atoms with E-state index < -0.39 is 11.7 Å². The molecule has 3 unspecified atom stereocenters. The largest absolute Gasteiger partial charge is 0.416 e. The first-order chi connectivity index (χ1) is 12.5. The topological polar surface area (TPSA) is 43.6 Å². The quantitative estimate of drug-likeness (QED) is 0.656. The number of nitrogens with zero attached hydrogens (tertiary/aromatic N) is 4. The van der Waals surface area contributed by atoms with E-state index in [1.165, 1.54) is 37.7 Å². The minimum Gasteiger partial charge on any atom is -0.312 e. The van der Waals surface area contributed by atoms with Crippen LogP contribution in [0.4, 0.5) is 13.2 Å². The molecule has 2 saturated carbocycles. The van der Waals surface area contributed by atoms with Gasteiger partial charge in [0.2, 0.25) is 0 Å². The fourth-order valence-electron chi connectivity index (χ4n) is 4.67. The second-order valence-corrected chi connectivity index (χ2v) is 7.36. The first-order valence-electron chi connectivity index (χ1n) is 8.86. The van der Waals surface area contributed by atoms with Crippen LogP contribution in [0, 0.1) is 11.8 Å². The van der Waals surface area contributed by atoms with E-state index >= 15 is 0 Å². The zero-order valence-corrected chi connectivity index (χ0v) is 13.9. The van der Waals surface area contributed by atoms with Crippen LogP contribution in [0.15, 0.2) is 36.9 Å². The van der Waals surface area contributed by atoms with Crippen molar-refractivity contribution < 1.29 is 13.2 Å². The smallest absolute Gasteiger partial charge is 0.312 e. The van der Waals surface area contributed by atoms with E-state index in [0.29, 0.717) is 28.7 Å². The maximum Gasteiger partial charge on any atom is 0.416 e. The predicted octanol–water partition coefficient (Wildman–Crippen LogP) is 4.87. The molecule has 2 fully saturated rings. The number of fused-ring (bicyclic) bond motifs is 3. The molecule has 26 heavy (non-hydrogen) atoms. The summed E-state index contributed by atoms with van der Waals surface area (Å²) in [6.07, 6.45) is 3.96. The standard InChI is InChI=1S/C19H17F3N4/c20-19(21,22)14-5-3-12(4-6-14)16-17-18(24-9-23-16)26(10-25-17)15-8-11-1-2-13(15)7-11/h3-6,9-11,13,15H,1-2,7-8H2. The summed E-state index contributed by atoms with van der Waals surface area (Å²) < 4.78 is 40.5. The van der Waals surface area contributed by atoms with Crippen LogP contribution in [0.2, 0.25) is 0 Å². The molecule has 0 aliphatic heterocycles. The van der Waals surface area contributed by atoms with Gasteiger partial charge in [0.1, 0.15) is 17.5 Å². The number of hydrogen-bond acceptors (Lipinski definition) is 3. The van der Waals surface area contributed by atoms with Gasteiger partial charge in [-0.15, -0.1) is 0 Å². The molecule has 2 heterocycles. The summed E-state index contributed by atoms with van der Waals surface area (Å²) >= 11 is 0. The number of rotatable bonds is 2. The Morgan fingerprint density at radius 2 is 1.77 bits per heavy atom. The minimum absolute atomic E-state index is 0.425. The molecule has 7 heteroatoms. The van der Waals surface area contributed by atoms with Gasteiger partial charge in [-0.05, 0) is 43.2 Å². The first-order valence-corrected chi connectivity index (χ1v) is 8.86. The van der Waals surface area contributed by atoms with Crippen molar-refractivity contribution in [2.75, 3.05) is 0 Å². The average molecular weight is 358 g/mol. The third-order valence-corrected chi connectivity index (χ3v) is 5.90. The second-order valence-electron chi connectivity index (χ2n) is 7.36. The monoisotopic (exact) mass is 358 g/mol. The van der Waals surface area contributed by atoms with Gasteiger partial charge < -0.3 is 4.57 Å². The van der Waals surface area contributed by atoms with E-state index in [2.05, 4.69) is 19.5 Å². The molecule has 1 aromatic carbocycles. The van der Waals surface area contributed by atoms with E-state index in [1.54, 1.807) is 0 Å². The molecule has 5 rings (SSSR count). The summed E-state index contributed by atoms with van der Waals surface area (Å²) in [6.45, 7) is 0. The van der Waals surface area contributed by atoms with Crippen molar-refractivity contribution in [1.82, 2.24) is 19.5 Å². The van der Waals surface area contributed by atoms with Gasteiger partial charge in [-0.2, -0.15) is 13.2 Å². The van der Waals surface area contributed by atoms with Gasteiger partial charge in [0.05, 0.1) is 11.9 Å². The lowest BCUT2D eigenvalue weighted by Gasteiger charge is -2.23. The third kappa shape index (κ3) is 2.40. The van der Waals surface area contributed by atoms with E-state index in [4.69, 9.17) is 0 Å². The average Bonchev–Trinajstić information content (AvgIpc) is 3.35. The minimum atomic E-state index is -4.34.